The van der Waals surface area contributed by atoms with E-state index in [9.17, 15) is 0 Å². The highest BCUT2D eigenvalue weighted by atomic mass is 32.1. The van der Waals surface area contributed by atoms with Crippen LogP contribution in [-0.2, 0) is 0 Å². The average molecular weight is 569 g/mol. The van der Waals surface area contributed by atoms with Gasteiger partial charge in [0, 0.05) is 48.6 Å². The van der Waals surface area contributed by atoms with Crippen LogP contribution < -0.4 is 0 Å². The summed E-state index contributed by atoms with van der Waals surface area (Å²) in [5, 5.41) is 2.44. The fourth-order valence-electron chi connectivity index (χ4n) is 5.53. The van der Waals surface area contributed by atoms with Gasteiger partial charge in [-0.3, -0.25) is 4.98 Å². The van der Waals surface area contributed by atoms with Crippen molar-refractivity contribution >= 4 is 31.5 Å². The quantitative estimate of drug-likeness (QED) is 0.207. The first-order valence-corrected chi connectivity index (χ1v) is 15.0. The largest absolute Gasteiger partial charge is 0.256 e. The third-order valence-electron chi connectivity index (χ3n) is 7.62. The lowest BCUT2D eigenvalue weighted by atomic mass is 9.96. The lowest BCUT2D eigenvalue weighted by Crippen LogP contribution is -2.00. The summed E-state index contributed by atoms with van der Waals surface area (Å²) < 4.78 is 2.40. The van der Waals surface area contributed by atoms with Gasteiger partial charge in [0.2, 0.25) is 0 Å². The van der Waals surface area contributed by atoms with E-state index in [-0.39, 0.29) is 0 Å². The third kappa shape index (κ3) is 4.66. The lowest BCUT2D eigenvalue weighted by Gasteiger charge is -2.11. The highest BCUT2D eigenvalue weighted by molar-refractivity contribution is 7.26. The molecule has 8 rings (SSSR count). The molecule has 0 saturated heterocycles. The third-order valence-corrected chi connectivity index (χ3v) is 8.83. The van der Waals surface area contributed by atoms with Crippen LogP contribution in [0.4, 0.5) is 0 Å². The highest BCUT2D eigenvalue weighted by Gasteiger charge is 2.19. The average Bonchev–Trinajstić information content (AvgIpc) is 3.49. The van der Waals surface area contributed by atoms with Crippen molar-refractivity contribution in [2.24, 2.45) is 0 Å². The summed E-state index contributed by atoms with van der Waals surface area (Å²) >= 11 is 1.78. The molecule has 5 aromatic carbocycles. The molecule has 0 amide bonds. The summed E-state index contributed by atoms with van der Waals surface area (Å²) in [5.74, 6) is 1.99. The number of hydrogen-bond donors (Lipinski definition) is 0. The first kappa shape index (κ1) is 25.2. The van der Waals surface area contributed by atoms with Gasteiger partial charge in [-0.2, -0.15) is 0 Å². The van der Waals surface area contributed by atoms with Gasteiger partial charge in [0.1, 0.15) is 0 Å². The Morgan fingerprint density at radius 2 is 1.00 bits per heavy atom. The van der Waals surface area contributed by atoms with Crippen LogP contribution in [0.25, 0.3) is 76.7 Å². The van der Waals surface area contributed by atoms with E-state index >= 15 is 0 Å². The maximum atomic E-state index is 5.04. The Morgan fingerprint density at radius 1 is 0.419 bits per heavy atom. The number of fused-ring (bicyclic) bond motifs is 3. The van der Waals surface area contributed by atoms with Gasteiger partial charge in [0.05, 0.1) is 5.69 Å². The molecule has 0 bridgehead atoms. The molecule has 4 nitrogen and oxygen atoms in total. The van der Waals surface area contributed by atoms with Gasteiger partial charge in [-0.1, -0.05) is 115 Å². The van der Waals surface area contributed by atoms with Crippen LogP contribution in [0, 0.1) is 0 Å². The summed E-state index contributed by atoms with van der Waals surface area (Å²) in [6.45, 7) is 0. The minimum atomic E-state index is 0.660. The lowest BCUT2D eigenvalue weighted by molar-refractivity contribution is 1.08. The van der Waals surface area contributed by atoms with Crippen molar-refractivity contribution < 1.29 is 0 Å². The zero-order valence-electron chi connectivity index (χ0n) is 23.1. The molecule has 0 aliphatic rings. The number of aromatic nitrogens is 4. The molecule has 0 unspecified atom stereocenters. The first-order valence-electron chi connectivity index (χ1n) is 14.2. The second-order valence-corrected chi connectivity index (χ2v) is 11.3. The Labute approximate surface area is 253 Å². The minimum absolute atomic E-state index is 0.660. The van der Waals surface area contributed by atoms with E-state index < -0.39 is 0 Å². The molecule has 0 aliphatic carbocycles. The summed E-state index contributed by atoms with van der Waals surface area (Å²) in [6.07, 6.45) is 1.83. The molecule has 0 fully saturated rings. The van der Waals surface area contributed by atoms with Gasteiger partial charge in [-0.15, -0.1) is 11.3 Å². The van der Waals surface area contributed by atoms with E-state index in [1.54, 1.807) is 11.3 Å². The molecular weight excluding hydrogens is 545 g/mol. The second kappa shape index (κ2) is 10.7. The molecular formula is C38H24N4S. The second-order valence-electron chi connectivity index (χ2n) is 10.3. The Hall–Kier alpha value is -5.52. The van der Waals surface area contributed by atoms with Crippen molar-refractivity contribution in [1.82, 2.24) is 19.9 Å². The Bertz CT molecular complexity index is 2150. The molecule has 0 saturated carbocycles. The van der Waals surface area contributed by atoms with E-state index in [1.165, 1.54) is 21.0 Å². The maximum Gasteiger partial charge on any atom is 0.165 e. The van der Waals surface area contributed by atoms with Crippen molar-refractivity contribution in [2.45, 2.75) is 0 Å². The van der Waals surface area contributed by atoms with Gasteiger partial charge in [0.15, 0.2) is 17.5 Å². The number of rotatable bonds is 5. The molecule has 3 heterocycles. The van der Waals surface area contributed by atoms with Crippen molar-refractivity contribution in [3.05, 3.63) is 146 Å². The summed E-state index contributed by atoms with van der Waals surface area (Å²) in [5.41, 5.74) is 7.32. The van der Waals surface area contributed by atoms with Crippen LogP contribution in [0.5, 0.6) is 0 Å². The van der Waals surface area contributed by atoms with Crippen LogP contribution in [0.2, 0.25) is 0 Å². The topological polar surface area (TPSA) is 51.6 Å². The zero-order valence-corrected chi connectivity index (χ0v) is 23.9. The molecule has 0 aliphatic heterocycles. The fourth-order valence-corrected chi connectivity index (χ4v) is 6.77. The van der Waals surface area contributed by atoms with E-state index in [1.807, 2.05) is 85.1 Å². The number of benzene rings is 5. The van der Waals surface area contributed by atoms with Gasteiger partial charge in [0.25, 0.3) is 0 Å². The summed E-state index contributed by atoms with van der Waals surface area (Å²) in [6, 6.07) is 47.9. The molecule has 43 heavy (non-hydrogen) atoms. The number of pyridine rings is 1. The van der Waals surface area contributed by atoms with Crippen LogP contribution >= 0.6 is 11.3 Å². The monoisotopic (exact) mass is 568 g/mol. The Kier molecular flexibility index (Phi) is 6.28. The van der Waals surface area contributed by atoms with Gasteiger partial charge in [-0.05, 0) is 35.4 Å². The summed E-state index contributed by atoms with van der Waals surface area (Å²) in [4.78, 5) is 19.5. The predicted molar refractivity (Wildman–Crippen MR) is 178 cm³/mol. The Morgan fingerprint density at radius 3 is 1.67 bits per heavy atom. The molecule has 8 aromatic rings. The van der Waals surface area contributed by atoms with E-state index in [0.717, 1.165) is 38.2 Å². The van der Waals surface area contributed by atoms with Crippen molar-refractivity contribution in [2.75, 3.05) is 0 Å². The van der Waals surface area contributed by atoms with Gasteiger partial charge in [-0.25, -0.2) is 15.0 Å². The van der Waals surface area contributed by atoms with Gasteiger partial charge >= 0.3 is 0 Å². The molecule has 5 heteroatoms. The zero-order chi connectivity index (χ0) is 28.6. The molecule has 202 valence electrons. The number of nitrogens with zero attached hydrogens (tertiary/aromatic N) is 4. The Balaban J connectivity index is 1.34. The summed E-state index contributed by atoms with van der Waals surface area (Å²) in [7, 11) is 0. The van der Waals surface area contributed by atoms with E-state index in [2.05, 4.69) is 65.6 Å². The van der Waals surface area contributed by atoms with E-state index in [0.29, 0.717) is 17.5 Å². The van der Waals surface area contributed by atoms with Crippen molar-refractivity contribution in [1.29, 1.82) is 0 Å². The molecule has 0 N–H and O–H groups in total. The smallest absolute Gasteiger partial charge is 0.165 e. The number of thiophene rings is 1. The molecule has 0 atom stereocenters. The van der Waals surface area contributed by atoms with E-state index in [4.69, 9.17) is 15.0 Å². The fraction of sp³-hybridized carbons (Fsp3) is 0. The van der Waals surface area contributed by atoms with Crippen molar-refractivity contribution in [3.63, 3.8) is 0 Å². The molecule has 3 aromatic heterocycles. The SMILES string of the molecule is c1ccc(-c2nc(-c3ccccc3)nc(-c3ccc(-c4ccc(-c5ccccn5)cc4)c4c3sc3ccccc34)n2)cc1. The normalized spacial score (nSPS) is 11.3. The van der Waals surface area contributed by atoms with Crippen LogP contribution in [0.1, 0.15) is 0 Å². The maximum absolute atomic E-state index is 5.04. The molecule has 0 spiro atoms. The first-order chi connectivity index (χ1) is 21.3. The van der Waals surface area contributed by atoms with Crippen molar-refractivity contribution in [3.8, 4) is 56.5 Å². The standard InChI is InChI=1S/C38H24N4S/c1-3-11-27(12-4-1)36-40-37(28-13-5-2-6-14-28)42-38(41-36)31-23-22-29(34-30-15-7-8-17-33(30)43-35(31)34)25-18-20-26(21-19-25)32-16-9-10-24-39-32/h1-24H. The van der Waals surface area contributed by atoms with Crippen LogP contribution in [-0.4, -0.2) is 19.9 Å². The van der Waals surface area contributed by atoms with Crippen LogP contribution in [0.3, 0.4) is 0 Å². The molecule has 0 radical (unpaired) electrons. The highest BCUT2D eigenvalue weighted by Crippen LogP contribution is 2.44. The predicted octanol–water partition coefficient (Wildman–Crippen LogP) is 9.97. The van der Waals surface area contributed by atoms with Crippen LogP contribution in [0.15, 0.2) is 146 Å². The minimum Gasteiger partial charge on any atom is -0.256 e. The van der Waals surface area contributed by atoms with Gasteiger partial charge < -0.3 is 0 Å². The number of hydrogen-bond acceptors (Lipinski definition) is 5.